The third kappa shape index (κ3) is 4.16. The van der Waals surface area contributed by atoms with Crippen LogP contribution >= 0.6 is 0 Å². The Morgan fingerprint density at radius 2 is 1.54 bits per heavy atom. The number of alkyl halides is 3. The molecule has 0 aliphatic carbocycles. The Hall–Kier alpha value is -2.30. The van der Waals surface area contributed by atoms with Crippen LogP contribution in [0.5, 0.6) is 0 Å². The lowest BCUT2D eigenvalue weighted by atomic mass is 9.94. The molecule has 2 rings (SSSR count). The molecule has 0 heterocycles. The minimum absolute atomic E-state index is 0.254. The topological polar surface area (TPSA) is 29.1 Å². The molecule has 128 valence electrons. The molecule has 24 heavy (non-hydrogen) atoms. The zero-order valence-corrected chi connectivity index (χ0v) is 14.1. The van der Waals surface area contributed by atoms with Crippen molar-refractivity contribution in [3.63, 3.8) is 0 Å². The average Bonchev–Trinajstić information content (AvgIpc) is 2.46. The molecule has 0 aliphatic heterocycles. The van der Waals surface area contributed by atoms with Crippen molar-refractivity contribution >= 4 is 11.6 Å². The van der Waals surface area contributed by atoms with E-state index in [-0.39, 0.29) is 5.91 Å². The number of anilines is 1. The lowest BCUT2D eigenvalue weighted by Crippen LogP contribution is -2.27. The van der Waals surface area contributed by atoms with Gasteiger partial charge < -0.3 is 5.32 Å². The fraction of sp³-hybridized carbons (Fsp3) is 0.316. The molecule has 0 fully saturated rings. The number of carbonyl (C=O) groups excluding carboxylic acids is 1. The van der Waals surface area contributed by atoms with Gasteiger partial charge in [-0.05, 0) is 30.7 Å². The first-order valence-corrected chi connectivity index (χ1v) is 7.58. The summed E-state index contributed by atoms with van der Waals surface area (Å²) >= 11 is 0. The Balaban J connectivity index is 2.54. The molecule has 2 nitrogen and oxygen atoms in total. The van der Waals surface area contributed by atoms with Crippen LogP contribution in [0.3, 0.4) is 0 Å². The number of amides is 1. The molecule has 2 aromatic carbocycles. The van der Waals surface area contributed by atoms with Crippen molar-refractivity contribution < 1.29 is 18.0 Å². The zero-order valence-electron chi connectivity index (χ0n) is 14.1. The van der Waals surface area contributed by atoms with Crippen molar-refractivity contribution in [1.29, 1.82) is 0 Å². The fourth-order valence-electron chi connectivity index (χ4n) is 2.11. The Morgan fingerprint density at radius 1 is 0.958 bits per heavy atom. The zero-order chi connectivity index (χ0) is 18.1. The highest BCUT2D eigenvalue weighted by molar-refractivity contribution is 5.98. The number of hydrogen-bond acceptors (Lipinski definition) is 1. The molecule has 0 saturated heterocycles. The van der Waals surface area contributed by atoms with E-state index in [1.54, 1.807) is 32.9 Å². The molecule has 0 aromatic heterocycles. The van der Waals surface area contributed by atoms with Gasteiger partial charge in [-0.2, -0.15) is 13.2 Å². The first kappa shape index (κ1) is 18.0. The minimum Gasteiger partial charge on any atom is -0.325 e. The highest BCUT2D eigenvalue weighted by Gasteiger charge is 2.31. The maximum absolute atomic E-state index is 13.0. The summed E-state index contributed by atoms with van der Waals surface area (Å²) < 4.78 is 39.1. The van der Waals surface area contributed by atoms with E-state index in [0.29, 0.717) is 16.8 Å². The summed E-state index contributed by atoms with van der Waals surface area (Å²) in [6.45, 7) is 7.14. The summed E-state index contributed by atoms with van der Waals surface area (Å²) in [6, 6.07) is 10.5. The normalized spacial score (nSPS) is 12.1. The maximum atomic E-state index is 13.0. The quantitative estimate of drug-likeness (QED) is 0.753. The third-order valence-corrected chi connectivity index (χ3v) is 3.64. The highest BCUT2D eigenvalue weighted by Crippen LogP contribution is 2.36. The largest absolute Gasteiger partial charge is 0.416 e. The Bertz CT molecular complexity index is 741. The summed E-state index contributed by atoms with van der Waals surface area (Å²) in [7, 11) is 0. The molecule has 0 atom stereocenters. The van der Waals surface area contributed by atoms with Crippen LogP contribution in [0.15, 0.2) is 42.5 Å². The van der Waals surface area contributed by atoms with Crippen LogP contribution in [-0.4, -0.2) is 5.91 Å². The van der Waals surface area contributed by atoms with Crippen LogP contribution in [0, 0.1) is 12.3 Å². The van der Waals surface area contributed by atoms with Crippen LogP contribution in [0.1, 0.15) is 31.9 Å². The van der Waals surface area contributed by atoms with Crippen LogP contribution in [-0.2, 0) is 11.0 Å². The van der Waals surface area contributed by atoms with Gasteiger partial charge in [0.1, 0.15) is 0 Å². The fourth-order valence-corrected chi connectivity index (χ4v) is 2.11. The summed E-state index contributed by atoms with van der Waals surface area (Å²) in [5, 5.41) is 2.74. The van der Waals surface area contributed by atoms with Gasteiger partial charge in [-0.3, -0.25) is 4.79 Å². The van der Waals surface area contributed by atoms with Gasteiger partial charge >= 0.3 is 6.18 Å². The Kier molecular flexibility index (Phi) is 4.74. The lowest BCUT2D eigenvalue weighted by molar-refractivity contribution is -0.137. The van der Waals surface area contributed by atoms with Gasteiger partial charge in [0, 0.05) is 16.7 Å². The molecular weight excluding hydrogens is 315 g/mol. The monoisotopic (exact) mass is 335 g/mol. The lowest BCUT2D eigenvalue weighted by Gasteiger charge is -2.20. The number of hydrogen-bond donors (Lipinski definition) is 1. The number of benzene rings is 2. The summed E-state index contributed by atoms with van der Waals surface area (Å²) in [6.07, 6.45) is -4.44. The van der Waals surface area contributed by atoms with Crippen LogP contribution in [0.4, 0.5) is 18.9 Å². The molecule has 0 aliphatic rings. The number of carbonyl (C=O) groups is 1. The van der Waals surface area contributed by atoms with Crippen LogP contribution in [0.2, 0.25) is 0 Å². The van der Waals surface area contributed by atoms with Gasteiger partial charge in [-0.15, -0.1) is 0 Å². The molecule has 1 amide bonds. The molecule has 0 unspecified atom stereocenters. The van der Waals surface area contributed by atoms with Crippen LogP contribution < -0.4 is 5.32 Å². The highest BCUT2D eigenvalue weighted by atomic mass is 19.4. The smallest absolute Gasteiger partial charge is 0.325 e. The second kappa shape index (κ2) is 6.30. The van der Waals surface area contributed by atoms with E-state index in [1.807, 2.05) is 19.1 Å². The van der Waals surface area contributed by atoms with Crippen molar-refractivity contribution in [3.05, 3.63) is 53.6 Å². The van der Waals surface area contributed by atoms with E-state index in [1.165, 1.54) is 6.07 Å². The third-order valence-electron chi connectivity index (χ3n) is 3.64. The number of halogens is 3. The van der Waals surface area contributed by atoms with Gasteiger partial charge in [0.2, 0.25) is 5.91 Å². The van der Waals surface area contributed by atoms with Gasteiger partial charge in [-0.1, -0.05) is 50.6 Å². The number of aryl methyl sites for hydroxylation is 1. The molecule has 0 bridgehead atoms. The summed E-state index contributed by atoms with van der Waals surface area (Å²) in [5.74, 6) is -0.254. The second-order valence-corrected chi connectivity index (χ2v) is 6.83. The van der Waals surface area contributed by atoms with E-state index in [0.717, 1.165) is 17.7 Å². The van der Waals surface area contributed by atoms with Crippen LogP contribution in [0.25, 0.3) is 11.1 Å². The van der Waals surface area contributed by atoms with Crippen molar-refractivity contribution in [2.24, 2.45) is 5.41 Å². The van der Waals surface area contributed by atoms with E-state index in [4.69, 9.17) is 0 Å². The van der Waals surface area contributed by atoms with Crippen molar-refractivity contribution in [3.8, 4) is 11.1 Å². The molecular formula is C19H20F3NO. The van der Waals surface area contributed by atoms with Crippen molar-refractivity contribution in [1.82, 2.24) is 0 Å². The van der Waals surface area contributed by atoms with E-state index in [2.05, 4.69) is 5.32 Å². The summed E-state index contributed by atoms with van der Waals surface area (Å²) in [5.41, 5.74) is 0.954. The first-order valence-electron chi connectivity index (χ1n) is 7.58. The average molecular weight is 335 g/mol. The van der Waals surface area contributed by atoms with Gasteiger partial charge in [0.25, 0.3) is 0 Å². The molecule has 0 radical (unpaired) electrons. The number of rotatable bonds is 2. The number of nitrogens with one attached hydrogen (secondary N) is 1. The first-order chi connectivity index (χ1) is 11.0. The van der Waals surface area contributed by atoms with Crippen molar-refractivity contribution in [2.45, 2.75) is 33.9 Å². The standard InChI is InChI=1S/C19H20F3NO/c1-12-5-7-13(8-6-12)15-11-14(19(20,21)22)9-10-16(15)23-17(24)18(2,3)4/h5-11H,1-4H3,(H,23,24). The molecule has 0 saturated carbocycles. The van der Waals surface area contributed by atoms with Gasteiger partial charge in [0.15, 0.2) is 0 Å². The second-order valence-electron chi connectivity index (χ2n) is 6.83. The SMILES string of the molecule is Cc1ccc(-c2cc(C(F)(F)F)ccc2NC(=O)C(C)(C)C)cc1. The molecule has 5 heteroatoms. The molecule has 0 spiro atoms. The maximum Gasteiger partial charge on any atom is 0.416 e. The molecule has 1 N–H and O–H groups in total. The Labute approximate surface area is 139 Å². The summed E-state index contributed by atoms with van der Waals surface area (Å²) in [4.78, 5) is 12.2. The Morgan fingerprint density at radius 3 is 2.04 bits per heavy atom. The van der Waals surface area contributed by atoms with E-state index in [9.17, 15) is 18.0 Å². The predicted molar refractivity (Wildman–Crippen MR) is 89.7 cm³/mol. The van der Waals surface area contributed by atoms with E-state index >= 15 is 0 Å². The predicted octanol–water partition coefficient (Wildman–Crippen LogP) is 5.67. The van der Waals surface area contributed by atoms with Crippen molar-refractivity contribution in [2.75, 3.05) is 5.32 Å². The van der Waals surface area contributed by atoms with E-state index < -0.39 is 17.2 Å². The van der Waals surface area contributed by atoms with Gasteiger partial charge in [-0.25, -0.2) is 0 Å². The minimum atomic E-state index is -4.44. The molecule has 2 aromatic rings. The van der Waals surface area contributed by atoms with Gasteiger partial charge in [0.05, 0.1) is 5.56 Å².